The quantitative estimate of drug-likeness (QED) is 0.653. The van der Waals surface area contributed by atoms with Crippen LogP contribution in [0.15, 0.2) is 47.8 Å². The van der Waals surface area contributed by atoms with Crippen molar-refractivity contribution in [1.29, 1.82) is 0 Å². The van der Waals surface area contributed by atoms with Crippen molar-refractivity contribution >= 4 is 28.3 Å². The zero-order valence-electron chi connectivity index (χ0n) is 16.0. The van der Waals surface area contributed by atoms with Gasteiger partial charge < -0.3 is 15.4 Å². The van der Waals surface area contributed by atoms with Crippen molar-refractivity contribution < 1.29 is 14.3 Å². The van der Waals surface area contributed by atoms with E-state index >= 15 is 0 Å². The number of aryl methyl sites for hydroxylation is 2. The number of methoxy groups -OCH3 is 1. The number of hydrogen-bond donors (Lipinski definition) is 2. The predicted molar refractivity (Wildman–Crippen MR) is 114 cm³/mol. The van der Waals surface area contributed by atoms with Crippen molar-refractivity contribution in [2.75, 3.05) is 19.0 Å². The van der Waals surface area contributed by atoms with Gasteiger partial charge in [0.05, 0.1) is 24.9 Å². The molecule has 1 aromatic heterocycles. The average Bonchev–Trinajstić information content (AvgIpc) is 3.40. The lowest BCUT2D eigenvalue weighted by atomic mass is 10.1. The van der Waals surface area contributed by atoms with Crippen LogP contribution in [0.5, 0.6) is 5.75 Å². The Morgan fingerprint density at radius 2 is 1.97 bits per heavy atom. The molecule has 2 aromatic carbocycles. The van der Waals surface area contributed by atoms with Crippen molar-refractivity contribution in [2.24, 2.45) is 0 Å². The summed E-state index contributed by atoms with van der Waals surface area (Å²) in [5.74, 6) is -0.233. The summed E-state index contributed by atoms with van der Waals surface area (Å²) in [5.41, 5.74) is 5.10. The third-order valence-corrected chi connectivity index (χ3v) is 5.66. The predicted octanol–water partition coefficient (Wildman–Crippen LogP) is 3.68. The summed E-state index contributed by atoms with van der Waals surface area (Å²) in [6, 6.07) is 13.3. The largest absolute Gasteiger partial charge is 0.496 e. The molecule has 2 amide bonds. The van der Waals surface area contributed by atoms with E-state index in [0.717, 1.165) is 24.1 Å². The molecule has 3 aromatic rings. The molecule has 148 valence electrons. The lowest BCUT2D eigenvalue weighted by Gasteiger charge is -2.08. The number of nitrogens with one attached hydrogen (secondary N) is 2. The van der Waals surface area contributed by atoms with Gasteiger partial charge in [0.25, 0.3) is 5.91 Å². The minimum atomic E-state index is -0.365. The number of benzene rings is 2. The van der Waals surface area contributed by atoms with Gasteiger partial charge in [-0.15, -0.1) is 11.3 Å². The highest BCUT2D eigenvalue weighted by molar-refractivity contribution is 7.14. The molecule has 1 aliphatic carbocycles. The first-order chi connectivity index (χ1) is 14.1. The molecule has 1 heterocycles. The Kier molecular flexibility index (Phi) is 5.57. The van der Waals surface area contributed by atoms with Gasteiger partial charge in [0, 0.05) is 10.9 Å². The summed E-state index contributed by atoms with van der Waals surface area (Å²) in [6.45, 7) is -0.148. The molecule has 0 aliphatic heterocycles. The first kappa shape index (κ1) is 19.1. The van der Waals surface area contributed by atoms with Crippen molar-refractivity contribution in [3.8, 4) is 17.0 Å². The van der Waals surface area contributed by atoms with Crippen LogP contribution in [-0.2, 0) is 17.6 Å². The highest BCUT2D eigenvalue weighted by Gasteiger charge is 2.15. The van der Waals surface area contributed by atoms with Gasteiger partial charge in [-0.25, -0.2) is 4.98 Å². The van der Waals surface area contributed by atoms with Crippen LogP contribution in [0.1, 0.15) is 27.9 Å². The molecule has 0 saturated carbocycles. The Morgan fingerprint density at radius 3 is 2.83 bits per heavy atom. The third kappa shape index (κ3) is 4.30. The number of amides is 2. The monoisotopic (exact) mass is 407 g/mol. The van der Waals surface area contributed by atoms with Crippen LogP contribution in [-0.4, -0.2) is 30.5 Å². The standard InChI is InChI=1S/C22H21N3O3S/c1-28-19-8-3-2-7-17(19)21(27)23-12-20(26)25-22-24-18(13-29-22)16-10-9-14-5-4-6-15(14)11-16/h2-3,7-11,13H,4-6,12H2,1H3,(H,23,27)(H,24,25,26). The van der Waals surface area contributed by atoms with Gasteiger partial charge in [0.15, 0.2) is 5.13 Å². The highest BCUT2D eigenvalue weighted by atomic mass is 32.1. The molecular formula is C22H21N3O3S. The zero-order chi connectivity index (χ0) is 20.2. The summed E-state index contributed by atoms with van der Waals surface area (Å²) in [4.78, 5) is 29.0. The first-order valence-electron chi connectivity index (χ1n) is 9.43. The van der Waals surface area contributed by atoms with E-state index in [9.17, 15) is 9.59 Å². The fraction of sp³-hybridized carbons (Fsp3) is 0.227. The van der Waals surface area contributed by atoms with Crippen LogP contribution in [0.2, 0.25) is 0 Å². The molecule has 7 heteroatoms. The molecule has 2 N–H and O–H groups in total. The molecule has 0 atom stereocenters. The van der Waals surface area contributed by atoms with Crippen LogP contribution in [0.4, 0.5) is 5.13 Å². The van der Waals surface area contributed by atoms with E-state index in [1.165, 1.54) is 36.0 Å². The first-order valence-corrected chi connectivity index (χ1v) is 10.3. The SMILES string of the molecule is COc1ccccc1C(=O)NCC(=O)Nc1nc(-c2ccc3c(c2)CCC3)cs1. The van der Waals surface area contributed by atoms with E-state index in [0.29, 0.717) is 16.4 Å². The number of hydrogen-bond acceptors (Lipinski definition) is 5. The second kappa shape index (κ2) is 8.45. The maximum Gasteiger partial charge on any atom is 0.255 e. The molecule has 0 fully saturated rings. The minimum absolute atomic E-state index is 0.148. The summed E-state index contributed by atoms with van der Waals surface area (Å²) < 4.78 is 5.17. The molecule has 0 unspecified atom stereocenters. The Bertz CT molecular complexity index is 1060. The molecule has 0 bridgehead atoms. The maximum absolute atomic E-state index is 12.3. The number of anilines is 1. The van der Waals surface area contributed by atoms with E-state index in [1.807, 2.05) is 5.38 Å². The number of fused-ring (bicyclic) bond motifs is 1. The molecule has 1 aliphatic rings. The van der Waals surface area contributed by atoms with Crippen LogP contribution >= 0.6 is 11.3 Å². The summed E-state index contributed by atoms with van der Waals surface area (Å²) in [7, 11) is 1.50. The van der Waals surface area contributed by atoms with Gasteiger partial charge in [0.1, 0.15) is 5.75 Å². The van der Waals surface area contributed by atoms with Crippen molar-refractivity contribution in [3.05, 3.63) is 64.5 Å². The fourth-order valence-corrected chi connectivity index (χ4v) is 4.18. The van der Waals surface area contributed by atoms with E-state index in [-0.39, 0.29) is 18.4 Å². The van der Waals surface area contributed by atoms with Gasteiger partial charge >= 0.3 is 0 Å². The van der Waals surface area contributed by atoms with E-state index in [4.69, 9.17) is 4.74 Å². The maximum atomic E-state index is 12.3. The Labute approximate surface area is 172 Å². The Morgan fingerprint density at radius 1 is 1.14 bits per heavy atom. The number of rotatable bonds is 6. The number of thiazole rings is 1. The minimum Gasteiger partial charge on any atom is -0.496 e. The molecule has 0 spiro atoms. The van der Waals surface area contributed by atoms with Crippen LogP contribution < -0.4 is 15.4 Å². The van der Waals surface area contributed by atoms with E-state index in [2.05, 4.69) is 33.8 Å². The fourth-order valence-electron chi connectivity index (χ4n) is 3.45. The lowest BCUT2D eigenvalue weighted by molar-refractivity contribution is -0.115. The lowest BCUT2D eigenvalue weighted by Crippen LogP contribution is -2.33. The van der Waals surface area contributed by atoms with Crippen LogP contribution in [0.25, 0.3) is 11.3 Å². The topological polar surface area (TPSA) is 80.3 Å². The summed E-state index contributed by atoms with van der Waals surface area (Å²) >= 11 is 1.37. The second-order valence-electron chi connectivity index (χ2n) is 6.81. The highest BCUT2D eigenvalue weighted by Crippen LogP contribution is 2.30. The zero-order valence-corrected chi connectivity index (χ0v) is 16.8. The number of carbonyl (C=O) groups excluding carboxylic acids is 2. The second-order valence-corrected chi connectivity index (χ2v) is 7.66. The Balaban J connectivity index is 1.35. The van der Waals surface area contributed by atoms with Gasteiger partial charge in [0.2, 0.25) is 5.91 Å². The smallest absolute Gasteiger partial charge is 0.255 e. The Hall–Kier alpha value is -3.19. The van der Waals surface area contributed by atoms with Gasteiger partial charge in [-0.1, -0.05) is 24.3 Å². The summed E-state index contributed by atoms with van der Waals surface area (Å²) in [6.07, 6.45) is 3.47. The average molecular weight is 407 g/mol. The molecule has 4 rings (SSSR count). The number of nitrogens with zero attached hydrogens (tertiary/aromatic N) is 1. The number of para-hydroxylation sites is 1. The van der Waals surface area contributed by atoms with Crippen molar-refractivity contribution in [3.63, 3.8) is 0 Å². The number of ether oxygens (including phenoxy) is 1. The van der Waals surface area contributed by atoms with Crippen molar-refractivity contribution in [2.45, 2.75) is 19.3 Å². The number of aromatic nitrogens is 1. The van der Waals surface area contributed by atoms with Crippen LogP contribution in [0, 0.1) is 0 Å². The third-order valence-electron chi connectivity index (χ3n) is 4.91. The van der Waals surface area contributed by atoms with Gasteiger partial charge in [-0.3, -0.25) is 9.59 Å². The van der Waals surface area contributed by atoms with Gasteiger partial charge in [-0.2, -0.15) is 0 Å². The molecule has 0 radical (unpaired) electrons. The number of carbonyl (C=O) groups is 2. The molecular weight excluding hydrogens is 386 g/mol. The molecule has 29 heavy (non-hydrogen) atoms. The van der Waals surface area contributed by atoms with E-state index < -0.39 is 0 Å². The van der Waals surface area contributed by atoms with Gasteiger partial charge in [-0.05, 0) is 48.6 Å². The van der Waals surface area contributed by atoms with Crippen LogP contribution in [0.3, 0.4) is 0 Å². The molecule has 6 nitrogen and oxygen atoms in total. The summed E-state index contributed by atoms with van der Waals surface area (Å²) in [5, 5.41) is 7.79. The van der Waals surface area contributed by atoms with E-state index in [1.54, 1.807) is 24.3 Å². The van der Waals surface area contributed by atoms with Crippen molar-refractivity contribution in [1.82, 2.24) is 10.3 Å². The molecule has 0 saturated heterocycles. The normalized spacial score (nSPS) is 12.3.